The van der Waals surface area contributed by atoms with Gasteiger partial charge in [-0.15, -0.1) is 0 Å². The SMILES string of the molecule is COC1CCC2C(C1)OC(O)C(=O)N2O. The van der Waals surface area contributed by atoms with Crippen molar-refractivity contribution in [3.63, 3.8) is 0 Å². The van der Waals surface area contributed by atoms with E-state index < -0.39 is 12.2 Å². The van der Waals surface area contributed by atoms with Crippen LogP contribution in [0.4, 0.5) is 0 Å². The lowest BCUT2D eigenvalue weighted by molar-refractivity contribution is -0.269. The lowest BCUT2D eigenvalue weighted by Crippen LogP contribution is -2.59. The Labute approximate surface area is 87.3 Å². The summed E-state index contributed by atoms with van der Waals surface area (Å²) in [5.74, 6) is -0.785. The molecule has 86 valence electrons. The van der Waals surface area contributed by atoms with Gasteiger partial charge in [0.15, 0.2) is 0 Å². The van der Waals surface area contributed by atoms with Gasteiger partial charge in [0.25, 0.3) is 0 Å². The van der Waals surface area contributed by atoms with Crippen LogP contribution in [0, 0.1) is 0 Å². The summed E-state index contributed by atoms with van der Waals surface area (Å²) in [5, 5.41) is 19.3. The van der Waals surface area contributed by atoms with Crippen LogP contribution in [-0.2, 0) is 14.3 Å². The van der Waals surface area contributed by atoms with E-state index in [2.05, 4.69) is 0 Å². The number of methoxy groups -OCH3 is 1. The van der Waals surface area contributed by atoms with E-state index in [0.29, 0.717) is 17.9 Å². The smallest absolute Gasteiger partial charge is 0.303 e. The number of morpholine rings is 1. The summed E-state index contributed by atoms with van der Waals surface area (Å²) >= 11 is 0. The fourth-order valence-electron chi connectivity index (χ4n) is 2.22. The van der Waals surface area contributed by atoms with E-state index in [-0.39, 0.29) is 18.2 Å². The zero-order chi connectivity index (χ0) is 11.0. The van der Waals surface area contributed by atoms with Crippen molar-refractivity contribution in [2.24, 2.45) is 0 Å². The van der Waals surface area contributed by atoms with Crippen molar-refractivity contribution in [3.05, 3.63) is 0 Å². The van der Waals surface area contributed by atoms with Crippen molar-refractivity contribution in [1.82, 2.24) is 5.06 Å². The highest BCUT2D eigenvalue weighted by Crippen LogP contribution is 2.30. The summed E-state index contributed by atoms with van der Waals surface area (Å²) in [4.78, 5) is 11.2. The van der Waals surface area contributed by atoms with Gasteiger partial charge in [0.1, 0.15) is 0 Å². The van der Waals surface area contributed by atoms with Crippen molar-refractivity contribution in [1.29, 1.82) is 0 Å². The molecule has 1 amide bonds. The maximum absolute atomic E-state index is 11.2. The summed E-state index contributed by atoms with van der Waals surface area (Å²) in [6.45, 7) is 0. The Bertz CT molecular complexity index is 259. The molecule has 4 atom stereocenters. The standard InChI is InChI=1S/C9H15NO5/c1-14-5-2-3-6-7(4-5)15-9(12)8(11)10(6)13/h5-7,9,12-13H,2-4H2,1H3. The third kappa shape index (κ3) is 1.85. The molecule has 1 saturated carbocycles. The number of hydroxylamine groups is 2. The molecule has 1 aliphatic heterocycles. The average Bonchev–Trinajstić information content (AvgIpc) is 2.25. The molecule has 15 heavy (non-hydrogen) atoms. The van der Waals surface area contributed by atoms with Gasteiger partial charge in [-0.3, -0.25) is 10.0 Å². The van der Waals surface area contributed by atoms with Crippen molar-refractivity contribution in [2.75, 3.05) is 7.11 Å². The van der Waals surface area contributed by atoms with Crippen LogP contribution in [0.2, 0.25) is 0 Å². The Morgan fingerprint density at radius 3 is 2.93 bits per heavy atom. The highest BCUT2D eigenvalue weighted by Gasteiger charge is 2.44. The third-order valence-corrected chi connectivity index (χ3v) is 3.10. The van der Waals surface area contributed by atoms with Gasteiger partial charge in [-0.2, -0.15) is 0 Å². The van der Waals surface area contributed by atoms with E-state index in [9.17, 15) is 15.1 Å². The number of nitrogens with zero attached hydrogens (tertiary/aromatic N) is 1. The minimum atomic E-state index is -1.55. The van der Waals surface area contributed by atoms with Crippen LogP contribution in [0.1, 0.15) is 19.3 Å². The molecule has 1 saturated heterocycles. The topological polar surface area (TPSA) is 79.2 Å². The maximum Gasteiger partial charge on any atom is 0.303 e. The predicted octanol–water partition coefficient (Wildman–Crippen LogP) is -0.511. The molecule has 6 heteroatoms. The molecule has 1 heterocycles. The summed E-state index contributed by atoms with van der Waals surface area (Å²) in [7, 11) is 1.62. The van der Waals surface area contributed by atoms with Crippen molar-refractivity contribution < 1.29 is 24.6 Å². The van der Waals surface area contributed by atoms with Crippen LogP contribution in [0.5, 0.6) is 0 Å². The maximum atomic E-state index is 11.2. The van der Waals surface area contributed by atoms with Gasteiger partial charge in [-0.05, 0) is 12.8 Å². The molecule has 0 aromatic carbocycles. The van der Waals surface area contributed by atoms with Crippen LogP contribution >= 0.6 is 0 Å². The Morgan fingerprint density at radius 2 is 2.27 bits per heavy atom. The Balaban J connectivity index is 2.07. The molecule has 2 fully saturated rings. The number of carbonyl (C=O) groups excluding carboxylic acids is 1. The molecule has 0 bridgehead atoms. The monoisotopic (exact) mass is 217 g/mol. The van der Waals surface area contributed by atoms with Gasteiger partial charge in [-0.25, -0.2) is 5.06 Å². The minimum absolute atomic E-state index is 0.0695. The summed E-state index contributed by atoms with van der Waals surface area (Å²) in [6, 6.07) is -0.354. The highest BCUT2D eigenvalue weighted by molar-refractivity contribution is 5.79. The van der Waals surface area contributed by atoms with Crippen LogP contribution in [0.15, 0.2) is 0 Å². The summed E-state index contributed by atoms with van der Waals surface area (Å²) < 4.78 is 10.3. The van der Waals surface area contributed by atoms with E-state index in [1.165, 1.54) is 0 Å². The lowest BCUT2D eigenvalue weighted by Gasteiger charge is -2.43. The van der Waals surface area contributed by atoms with Crippen LogP contribution in [-0.4, -0.2) is 52.9 Å². The molecule has 1 aliphatic carbocycles. The molecule has 0 aromatic rings. The van der Waals surface area contributed by atoms with Gasteiger partial charge in [0.2, 0.25) is 6.29 Å². The molecule has 2 N–H and O–H groups in total. The van der Waals surface area contributed by atoms with E-state index in [0.717, 1.165) is 6.42 Å². The molecule has 6 nitrogen and oxygen atoms in total. The van der Waals surface area contributed by atoms with Crippen LogP contribution in [0.3, 0.4) is 0 Å². The fraction of sp³-hybridized carbons (Fsp3) is 0.889. The van der Waals surface area contributed by atoms with E-state index >= 15 is 0 Å². The number of ether oxygens (including phenoxy) is 2. The molecule has 2 aliphatic rings. The van der Waals surface area contributed by atoms with Gasteiger partial charge in [-0.1, -0.05) is 0 Å². The zero-order valence-electron chi connectivity index (χ0n) is 8.50. The van der Waals surface area contributed by atoms with Gasteiger partial charge in [0, 0.05) is 13.5 Å². The van der Waals surface area contributed by atoms with Crippen molar-refractivity contribution in [3.8, 4) is 0 Å². The molecule has 0 radical (unpaired) electrons. The second kappa shape index (κ2) is 4.05. The van der Waals surface area contributed by atoms with E-state index in [1.807, 2.05) is 0 Å². The summed E-state index contributed by atoms with van der Waals surface area (Å²) in [5.41, 5.74) is 0. The Morgan fingerprint density at radius 1 is 1.53 bits per heavy atom. The second-order valence-corrected chi connectivity index (χ2v) is 3.95. The van der Waals surface area contributed by atoms with Crippen LogP contribution < -0.4 is 0 Å². The average molecular weight is 217 g/mol. The van der Waals surface area contributed by atoms with Gasteiger partial charge >= 0.3 is 5.91 Å². The number of aliphatic hydroxyl groups is 1. The number of hydrogen-bond donors (Lipinski definition) is 2. The van der Waals surface area contributed by atoms with Gasteiger partial charge < -0.3 is 14.6 Å². The van der Waals surface area contributed by atoms with Crippen molar-refractivity contribution >= 4 is 5.91 Å². The number of carbonyl (C=O) groups is 1. The van der Waals surface area contributed by atoms with E-state index in [1.54, 1.807) is 7.11 Å². The molecule has 2 rings (SSSR count). The Kier molecular flexibility index (Phi) is 2.92. The highest BCUT2D eigenvalue weighted by atomic mass is 16.6. The number of hydrogen-bond acceptors (Lipinski definition) is 5. The first-order valence-corrected chi connectivity index (χ1v) is 5.01. The van der Waals surface area contributed by atoms with E-state index in [4.69, 9.17) is 9.47 Å². The minimum Gasteiger partial charge on any atom is -0.381 e. The quantitative estimate of drug-likeness (QED) is 0.578. The Hall–Kier alpha value is -0.690. The number of rotatable bonds is 1. The molecular weight excluding hydrogens is 202 g/mol. The largest absolute Gasteiger partial charge is 0.381 e. The molecular formula is C9H15NO5. The molecule has 0 spiro atoms. The lowest BCUT2D eigenvalue weighted by atomic mass is 9.89. The number of fused-ring (bicyclic) bond motifs is 1. The molecule has 0 aromatic heterocycles. The number of aliphatic hydroxyl groups excluding tert-OH is 1. The van der Waals surface area contributed by atoms with Gasteiger partial charge in [0.05, 0.1) is 18.2 Å². The molecule has 4 unspecified atom stereocenters. The van der Waals surface area contributed by atoms with Crippen molar-refractivity contribution in [2.45, 2.75) is 43.8 Å². The first-order chi connectivity index (χ1) is 7.13. The first kappa shape index (κ1) is 10.8. The van der Waals surface area contributed by atoms with Crippen LogP contribution in [0.25, 0.3) is 0 Å². The summed E-state index contributed by atoms with van der Waals surface area (Å²) in [6.07, 6.45) is 0.163. The first-order valence-electron chi connectivity index (χ1n) is 5.01. The predicted molar refractivity (Wildman–Crippen MR) is 47.9 cm³/mol. The fourth-order valence-corrected chi connectivity index (χ4v) is 2.22. The normalized spacial score (nSPS) is 41.5. The third-order valence-electron chi connectivity index (χ3n) is 3.10. The second-order valence-electron chi connectivity index (χ2n) is 3.95. The zero-order valence-corrected chi connectivity index (χ0v) is 8.50. The number of amides is 1.